The molecule has 0 aromatic heterocycles. The maximum atomic E-state index is 10.9. The molecule has 0 aliphatic rings. The molecule has 2 aromatic rings. The highest BCUT2D eigenvalue weighted by molar-refractivity contribution is 5.88. The average Bonchev–Trinajstić information content (AvgIpc) is 2.77. The maximum Gasteiger partial charge on any atom is 0.335 e. The summed E-state index contributed by atoms with van der Waals surface area (Å²) < 4.78 is 11.2. The summed E-state index contributed by atoms with van der Waals surface area (Å²) in [5.74, 6) is -0.0325. The molecule has 1 N–H and O–H groups in total. The Morgan fingerprint density at radius 2 is 1.27 bits per heavy atom. The molecule has 0 heterocycles. The normalized spacial score (nSPS) is 10.7. The van der Waals surface area contributed by atoms with Gasteiger partial charge in [-0.25, -0.2) is 4.79 Å². The molecule has 0 amide bonds. The predicted molar refractivity (Wildman–Crippen MR) is 122 cm³/mol. The van der Waals surface area contributed by atoms with Gasteiger partial charge in [-0.2, -0.15) is 0 Å². The summed E-state index contributed by atoms with van der Waals surface area (Å²) in [7, 11) is 0. The van der Waals surface area contributed by atoms with Crippen molar-refractivity contribution in [2.24, 2.45) is 0 Å². The third kappa shape index (κ3) is 9.27. The number of benzene rings is 2. The lowest BCUT2D eigenvalue weighted by atomic mass is 10.0. The summed E-state index contributed by atoms with van der Waals surface area (Å²) in [6.45, 7) is 5.89. The van der Waals surface area contributed by atoms with E-state index in [4.69, 9.17) is 14.6 Å². The average molecular weight is 411 g/mol. The molecular weight excluding hydrogens is 376 g/mol. The van der Waals surface area contributed by atoms with Crippen LogP contribution in [0, 0.1) is 0 Å². The largest absolute Gasteiger partial charge is 0.494 e. The Hall–Kier alpha value is -2.59. The van der Waals surface area contributed by atoms with Gasteiger partial charge in [0.1, 0.15) is 5.75 Å². The van der Waals surface area contributed by atoms with Crippen molar-refractivity contribution in [1.29, 1.82) is 0 Å². The number of hydrogen-bond acceptors (Lipinski definition) is 3. The molecule has 0 saturated heterocycles. The molecule has 2 rings (SSSR count). The summed E-state index contributed by atoms with van der Waals surface area (Å²) in [5.41, 5.74) is 2.34. The first-order chi connectivity index (χ1) is 14.7. The molecule has 0 saturated carbocycles. The van der Waals surface area contributed by atoms with Crippen LogP contribution in [0.25, 0.3) is 11.1 Å². The number of carboxylic acid groups (broad SMARTS) is 1. The summed E-state index contributed by atoms with van der Waals surface area (Å²) >= 11 is 0. The smallest absolute Gasteiger partial charge is 0.335 e. The van der Waals surface area contributed by atoms with Gasteiger partial charge in [0.05, 0.1) is 18.8 Å². The highest BCUT2D eigenvalue weighted by Crippen LogP contribution is 2.23. The molecule has 2 aromatic carbocycles. The first-order valence-corrected chi connectivity index (χ1v) is 11.0. The quantitative estimate of drug-likeness (QED) is 0.245. The molecule has 0 unspecified atom stereocenters. The molecule has 0 aliphatic carbocycles. The van der Waals surface area contributed by atoms with Crippen molar-refractivity contribution in [3.05, 3.63) is 66.7 Å². The van der Waals surface area contributed by atoms with Gasteiger partial charge in [0, 0.05) is 6.61 Å². The molecule has 0 fully saturated rings. The van der Waals surface area contributed by atoms with Crippen LogP contribution in [0.2, 0.25) is 0 Å². The van der Waals surface area contributed by atoms with Gasteiger partial charge in [0.2, 0.25) is 0 Å². The number of carbonyl (C=O) groups is 1. The minimum atomic E-state index is -0.907. The van der Waals surface area contributed by atoms with E-state index in [1.54, 1.807) is 18.2 Å². The van der Waals surface area contributed by atoms with Gasteiger partial charge in [-0.15, -0.1) is 6.58 Å². The predicted octanol–water partition coefficient (Wildman–Crippen LogP) is 6.75. The Bertz CT molecular complexity index is 735. The fraction of sp³-hybridized carbons (Fsp3) is 0.423. The lowest BCUT2D eigenvalue weighted by Gasteiger charge is -2.08. The van der Waals surface area contributed by atoms with Crippen molar-refractivity contribution in [1.82, 2.24) is 0 Å². The third-order valence-electron chi connectivity index (χ3n) is 5.01. The Labute approximate surface area is 180 Å². The van der Waals surface area contributed by atoms with Gasteiger partial charge >= 0.3 is 5.97 Å². The van der Waals surface area contributed by atoms with Crippen molar-refractivity contribution in [3.63, 3.8) is 0 Å². The zero-order chi connectivity index (χ0) is 21.4. The Kier molecular flexibility index (Phi) is 11.4. The lowest BCUT2D eigenvalue weighted by Crippen LogP contribution is -1.97. The molecule has 0 aliphatic heterocycles. The van der Waals surface area contributed by atoms with Crippen LogP contribution in [-0.4, -0.2) is 30.9 Å². The number of hydrogen-bond donors (Lipinski definition) is 1. The second-order valence-electron chi connectivity index (χ2n) is 7.45. The second-order valence-corrected chi connectivity index (χ2v) is 7.45. The standard InChI is InChI=1S/C26H34O4/c1-2-19-29-20-9-7-5-3-4-6-8-10-21-30-25-17-15-23(16-18-25)22-11-13-24(14-12-22)26(27)28/h2,11-18H,1,3-10,19-21H2,(H,27,28). The topological polar surface area (TPSA) is 55.8 Å². The molecule has 0 atom stereocenters. The van der Waals surface area contributed by atoms with Crippen molar-refractivity contribution in [3.8, 4) is 16.9 Å². The van der Waals surface area contributed by atoms with Crippen LogP contribution in [0.3, 0.4) is 0 Å². The summed E-state index contributed by atoms with van der Waals surface area (Å²) in [4.78, 5) is 10.9. The number of carboxylic acids is 1. The van der Waals surface area contributed by atoms with Gasteiger partial charge in [-0.1, -0.05) is 68.9 Å². The highest BCUT2D eigenvalue weighted by atomic mass is 16.5. The van der Waals surface area contributed by atoms with Crippen LogP contribution < -0.4 is 4.74 Å². The zero-order valence-electron chi connectivity index (χ0n) is 17.9. The third-order valence-corrected chi connectivity index (χ3v) is 5.01. The molecule has 4 heteroatoms. The van der Waals surface area contributed by atoms with E-state index in [2.05, 4.69) is 6.58 Å². The van der Waals surface area contributed by atoms with Crippen molar-refractivity contribution >= 4 is 5.97 Å². The fourth-order valence-electron chi connectivity index (χ4n) is 3.27. The van der Waals surface area contributed by atoms with Crippen molar-refractivity contribution in [2.45, 2.75) is 51.4 Å². The highest BCUT2D eigenvalue weighted by Gasteiger charge is 2.03. The SMILES string of the molecule is C=CCOCCCCCCCCCCOc1ccc(-c2ccc(C(=O)O)cc2)cc1. The van der Waals surface area contributed by atoms with Crippen LogP contribution in [0.5, 0.6) is 5.75 Å². The van der Waals surface area contributed by atoms with E-state index in [-0.39, 0.29) is 0 Å². The van der Waals surface area contributed by atoms with Crippen LogP contribution in [-0.2, 0) is 4.74 Å². The Morgan fingerprint density at radius 1 is 0.767 bits per heavy atom. The van der Waals surface area contributed by atoms with E-state index < -0.39 is 5.97 Å². The van der Waals surface area contributed by atoms with Crippen LogP contribution in [0.15, 0.2) is 61.2 Å². The maximum absolute atomic E-state index is 10.9. The fourth-order valence-corrected chi connectivity index (χ4v) is 3.27. The first-order valence-electron chi connectivity index (χ1n) is 11.0. The lowest BCUT2D eigenvalue weighted by molar-refractivity contribution is 0.0697. The molecule has 162 valence electrons. The molecule has 0 spiro atoms. The number of unbranched alkanes of at least 4 members (excludes halogenated alkanes) is 7. The van der Waals surface area contributed by atoms with E-state index >= 15 is 0 Å². The summed E-state index contributed by atoms with van der Waals surface area (Å²) in [6.07, 6.45) is 11.6. The van der Waals surface area contributed by atoms with E-state index in [0.717, 1.165) is 42.9 Å². The van der Waals surface area contributed by atoms with Gasteiger partial charge in [0.25, 0.3) is 0 Å². The first kappa shape index (κ1) is 23.7. The molecule has 4 nitrogen and oxygen atoms in total. The van der Waals surface area contributed by atoms with Crippen LogP contribution in [0.4, 0.5) is 0 Å². The van der Waals surface area contributed by atoms with Gasteiger partial charge in [-0.3, -0.25) is 0 Å². The van der Waals surface area contributed by atoms with E-state index in [0.29, 0.717) is 12.2 Å². The number of aromatic carboxylic acids is 1. The minimum absolute atomic E-state index is 0.299. The second kappa shape index (κ2) is 14.4. The molecule has 30 heavy (non-hydrogen) atoms. The zero-order valence-corrected chi connectivity index (χ0v) is 17.9. The summed E-state index contributed by atoms with van der Waals surface area (Å²) in [6, 6.07) is 14.9. The van der Waals surface area contributed by atoms with Crippen molar-refractivity contribution in [2.75, 3.05) is 19.8 Å². The van der Waals surface area contributed by atoms with E-state index in [1.165, 1.54) is 38.5 Å². The van der Waals surface area contributed by atoms with Gasteiger partial charge in [-0.05, 0) is 48.2 Å². The van der Waals surface area contributed by atoms with E-state index in [9.17, 15) is 4.79 Å². The van der Waals surface area contributed by atoms with Crippen LogP contribution >= 0.6 is 0 Å². The molecule has 0 bridgehead atoms. The number of rotatable bonds is 16. The molecular formula is C26H34O4. The number of ether oxygens (including phenoxy) is 2. The molecule has 0 radical (unpaired) electrons. The Morgan fingerprint density at radius 3 is 1.80 bits per heavy atom. The van der Waals surface area contributed by atoms with Crippen molar-refractivity contribution < 1.29 is 19.4 Å². The monoisotopic (exact) mass is 410 g/mol. The minimum Gasteiger partial charge on any atom is -0.494 e. The van der Waals surface area contributed by atoms with Gasteiger partial charge < -0.3 is 14.6 Å². The Balaban J connectivity index is 1.52. The van der Waals surface area contributed by atoms with Gasteiger partial charge in [0.15, 0.2) is 0 Å². The van der Waals surface area contributed by atoms with E-state index in [1.807, 2.05) is 36.4 Å². The van der Waals surface area contributed by atoms with Crippen LogP contribution in [0.1, 0.15) is 61.7 Å². The summed E-state index contributed by atoms with van der Waals surface area (Å²) in [5, 5.41) is 8.98.